The summed E-state index contributed by atoms with van der Waals surface area (Å²) in [5.41, 5.74) is 2.85. The average molecular weight is 190 g/mol. The zero-order valence-electron chi connectivity index (χ0n) is 8.16. The predicted molar refractivity (Wildman–Crippen MR) is 53.1 cm³/mol. The van der Waals surface area contributed by atoms with Gasteiger partial charge in [0, 0.05) is 12.8 Å². The number of ether oxygens (including phenoxy) is 2. The average Bonchev–Trinajstić information content (AvgIpc) is 2.66. The Morgan fingerprint density at radius 1 is 1.00 bits per heavy atom. The van der Waals surface area contributed by atoms with E-state index in [1.807, 2.05) is 0 Å². The summed E-state index contributed by atoms with van der Waals surface area (Å²) < 4.78 is 11.4. The third-order valence-electron chi connectivity index (χ3n) is 3.17. The zero-order chi connectivity index (χ0) is 9.43. The van der Waals surface area contributed by atoms with Crippen molar-refractivity contribution in [2.75, 3.05) is 13.2 Å². The lowest BCUT2D eigenvalue weighted by atomic mass is 9.87. The molecule has 2 nitrogen and oxygen atoms in total. The first-order chi connectivity index (χ1) is 6.88. The second-order valence-electron chi connectivity index (χ2n) is 4.05. The van der Waals surface area contributed by atoms with Gasteiger partial charge in [0.1, 0.15) is 0 Å². The molecule has 2 heteroatoms. The van der Waals surface area contributed by atoms with Crippen LogP contribution < -0.4 is 0 Å². The van der Waals surface area contributed by atoms with Gasteiger partial charge < -0.3 is 9.47 Å². The van der Waals surface area contributed by atoms with Gasteiger partial charge in [-0.25, -0.2) is 0 Å². The summed E-state index contributed by atoms with van der Waals surface area (Å²) in [7, 11) is 0. The summed E-state index contributed by atoms with van der Waals surface area (Å²) in [6.07, 6.45) is 3.00. The summed E-state index contributed by atoms with van der Waals surface area (Å²) in [5.74, 6) is -0.283. The Morgan fingerprint density at radius 3 is 2.50 bits per heavy atom. The summed E-state index contributed by atoms with van der Waals surface area (Å²) in [6, 6.07) is 8.58. The van der Waals surface area contributed by atoms with Crippen LogP contribution in [0.15, 0.2) is 24.3 Å². The van der Waals surface area contributed by atoms with E-state index in [9.17, 15) is 0 Å². The molecule has 1 spiro atoms. The van der Waals surface area contributed by atoms with E-state index in [4.69, 9.17) is 9.47 Å². The van der Waals surface area contributed by atoms with Gasteiger partial charge in [-0.05, 0) is 17.5 Å². The smallest absolute Gasteiger partial charge is 0.172 e. The molecule has 0 saturated carbocycles. The van der Waals surface area contributed by atoms with Crippen molar-refractivity contribution < 1.29 is 9.47 Å². The standard InChI is InChI=1S/C12H14O2/c1-2-4-11-9-12(13-7-8-14-12)6-5-10(11)3-1/h1-4H,5-9H2. The fraction of sp³-hybridized carbons (Fsp3) is 0.500. The molecule has 3 rings (SSSR count). The van der Waals surface area contributed by atoms with Crippen molar-refractivity contribution in [1.82, 2.24) is 0 Å². The largest absolute Gasteiger partial charge is 0.347 e. The first-order valence-electron chi connectivity index (χ1n) is 5.23. The molecule has 0 atom stereocenters. The minimum atomic E-state index is -0.283. The van der Waals surface area contributed by atoms with E-state index >= 15 is 0 Å². The van der Waals surface area contributed by atoms with E-state index in [1.165, 1.54) is 11.1 Å². The quantitative estimate of drug-likeness (QED) is 0.622. The summed E-state index contributed by atoms with van der Waals surface area (Å²) in [4.78, 5) is 0. The number of aryl methyl sites for hydroxylation is 1. The van der Waals surface area contributed by atoms with Gasteiger partial charge in [-0.3, -0.25) is 0 Å². The topological polar surface area (TPSA) is 18.5 Å². The predicted octanol–water partition coefficient (Wildman–Crippen LogP) is 1.92. The van der Waals surface area contributed by atoms with Crippen LogP contribution in [-0.4, -0.2) is 19.0 Å². The molecule has 0 amide bonds. The van der Waals surface area contributed by atoms with Gasteiger partial charge in [0.05, 0.1) is 13.2 Å². The number of rotatable bonds is 0. The molecule has 1 heterocycles. The van der Waals surface area contributed by atoms with Crippen LogP contribution in [0.25, 0.3) is 0 Å². The van der Waals surface area contributed by atoms with Gasteiger partial charge >= 0.3 is 0 Å². The van der Waals surface area contributed by atoms with Crippen molar-refractivity contribution in [2.24, 2.45) is 0 Å². The number of hydrogen-bond acceptors (Lipinski definition) is 2. The molecule has 1 aliphatic carbocycles. The third-order valence-corrected chi connectivity index (χ3v) is 3.17. The van der Waals surface area contributed by atoms with Crippen LogP contribution in [0.5, 0.6) is 0 Å². The van der Waals surface area contributed by atoms with Crippen LogP contribution >= 0.6 is 0 Å². The van der Waals surface area contributed by atoms with Gasteiger partial charge in [0.2, 0.25) is 0 Å². The molecule has 0 radical (unpaired) electrons. The fourth-order valence-corrected chi connectivity index (χ4v) is 2.42. The van der Waals surface area contributed by atoms with Crippen LogP contribution in [-0.2, 0) is 22.3 Å². The van der Waals surface area contributed by atoms with Crippen LogP contribution in [0.4, 0.5) is 0 Å². The van der Waals surface area contributed by atoms with Gasteiger partial charge in [-0.1, -0.05) is 24.3 Å². The van der Waals surface area contributed by atoms with Crippen LogP contribution in [0.3, 0.4) is 0 Å². The molecular weight excluding hydrogens is 176 g/mol. The van der Waals surface area contributed by atoms with E-state index in [1.54, 1.807) is 0 Å². The highest BCUT2D eigenvalue weighted by atomic mass is 16.7. The molecule has 0 bridgehead atoms. The van der Waals surface area contributed by atoms with Crippen molar-refractivity contribution >= 4 is 0 Å². The Kier molecular flexibility index (Phi) is 1.85. The van der Waals surface area contributed by atoms with Gasteiger partial charge in [0.15, 0.2) is 5.79 Å². The number of fused-ring (bicyclic) bond motifs is 1. The molecule has 0 unspecified atom stereocenters. The second-order valence-corrected chi connectivity index (χ2v) is 4.05. The van der Waals surface area contributed by atoms with E-state index in [-0.39, 0.29) is 5.79 Å². The van der Waals surface area contributed by atoms with Gasteiger partial charge in [0.25, 0.3) is 0 Å². The first-order valence-corrected chi connectivity index (χ1v) is 5.23. The second kappa shape index (κ2) is 3.07. The first kappa shape index (κ1) is 8.45. The van der Waals surface area contributed by atoms with E-state index < -0.39 is 0 Å². The maximum atomic E-state index is 5.72. The molecule has 2 aliphatic rings. The van der Waals surface area contributed by atoms with Crippen molar-refractivity contribution in [3.8, 4) is 0 Å². The van der Waals surface area contributed by atoms with Crippen LogP contribution in [0, 0.1) is 0 Å². The lowest BCUT2D eigenvalue weighted by Gasteiger charge is -2.32. The minimum absolute atomic E-state index is 0.283. The molecule has 0 N–H and O–H groups in total. The van der Waals surface area contributed by atoms with E-state index in [2.05, 4.69) is 24.3 Å². The van der Waals surface area contributed by atoms with Gasteiger partial charge in [-0.15, -0.1) is 0 Å². The zero-order valence-corrected chi connectivity index (χ0v) is 8.16. The number of benzene rings is 1. The molecule has 1 fully saturated rings. The van der Waals surface area contributed by atoms with E-state index in [0.29, 0.717) is 0 Å². The van der Waals surface area contributed by atoms with Crippen molar-refractivity contribution in [3.63, 3.8) is 0 Å². The minimum Gasteiger partial charge on any atom is -0.347 e. The Labute approximate surface area is 83.8 Å². The van der Waals surface area contributed by atoms with Crippen molar-refractivity contribution in [3.05, 3.63) is 35.4 Å². The third kappa shape index (κ3) is 1.26. The molecule has 14 heavy (non-hydrogen) atoms. The van der Waals surface area contributed by atoms with Crippen LogP contribution in [0.1, 0.15) is 17.5 Å². The monoisotopic (exact) mass is 190 g/mol. The van der Waals surface area contributed by atoms with Gasteiger partial charge in [-0.2, -0.15) is 0 Å². The Hall–Kier alpha value is -0.860. The number of hydrogen-bond donors (Lipinski definition) is 0. The summed E-state index contributed by atoms with van der Waals surface area (Å²) in [6.45, 7) is 1.50. The van der Waals surface area contributed by atoms with Crippen LogP contribution in [0.2, 0.25) is 0 Å². The lowest BCUT2D eigenvalue weighted by Crippen LogP contribution is -2.36. The highest BCUT2D eigenvalue weighted by Gasteiger charge is 2.39. The fourth-order valence-electron chi connectivity index (χ4n) is 2.42. The van der Waals surface area contributed by atoms with Crippen molar-refractivity contribution in [2.45, 2.75) is 25.0 Å². The highest BCUT2D eigenvalue weighted by Crippen LogP contribution is 2.34. The SMILES string of the molecule is c1ccc2c(c1)CCC1(C2)OCCO1. The Morgan fingerprint density at radius 2 is 1.71 bits per heavy atom. The highest BCUT2D eigenvalue weighted by molar-refractivity contribution is 5.31. The summed E-state index contributed by atoms with van der Waals surface area (Å²) in [5, 5.41) is 0. The maximum absolute atomic E-state index is 5.72. The molecule has 1 saturated heterocycles. The molecule has 74 valence electrons. The normalized spacial score (nSPS) is 23.7. The lowest BCUT2D eigenvalue weighted by molar-refractivity contribution is -0.163. The van der Waals surface area contributed by atoms with Crippen molar-refractivity contribution in [1.29, 1.82) is 0 Å². The molecular formula is C12H14O2. The Bertz CT molecular complexity index is 340. The molecule has 1 aliphatic heterocycles. The molecule has 1 aromatic carbocycles. The van der Waals surface area contributed by atoms with E-state index in [0.717, 1.165) is 32.5 Å². The molecule has 1 aromatic rings. The Balaban J connectivity index is 1.92. The maximum Gasteiger partial charge on any atom is 0.172 e. The molecule has 0 aromatic heterocycles. The summed E-state index contributed by atoms with van der Waals surface area (Å²) >= 11 is 0.